The number of para-hydroxylation sites is 2. The minimum atomic E-state index is -0.155. The van der Waals surface area contributed by atoms with Gasteiger partial charge in [0, 0.05) is 31.6 Å². The van der Waals surface area contributed by atoms with Gasteiger partial charge in [-0.05, 0) is 41.8 Å². The molecule has 1 aromatic heterocycles. The van der Waals surface area contributed by atoms with Gasteiger partial charge in [0.2, 0.25) is 5.91 Å². The molecule has 0 aliphatic carbocycles. The van der Waals surface area contributed by atoms with E-state index in [9.17, 15) is 9.59 Å². The number of imidazole rings is 1. The molecule has 2 N–H and O–H groups in total. The van der Waals surface area contributed by atoms with E-state index >= 15 is 0 Å². The molecular formula is C26H26N4O2. The Kier molecular flexibility index (Phi) is 6.60. The molecule has 6 nitrogen and oxygen atoms in total. The van der Waals surface area contributed by atoms with Crippen LogP contribution in [0.2, 0.25) is 0 Å². The highest BCUT2D eigenvalue weighted by atomic mass is 16.2. The number of aryl methyl sites for hydroxylation is 1. The summed E-state index contributed by atoms with van der Waals surface area (Å²) < 4.78 is 2.12. The number of carbonyl (C=O) groups is 2. The molecule has 3 aromatic carbocycles. The number of aromatic nitrogens is 2. The van der Waals surface area contributed by atoms with Crippen molar-refractivity contribution in [2.24, 2.45) is 0 Å². The molecule has 0 aliphatic heterocycles. The van der Waals surface area contributed by atoms with Crippen molar-refractivity contribution < 1.29 is 9.59 Å². The lowest BCUT2D eigenvalue weighted by atomic mass is 10.1. The van der Waals surface area contributed by atoms with E-state index in [-0.39, 0.29) is 18.2 Å². The predicted molar refractivity (Wildman–Crippen MR) is 125 cm³/mol. The lowest BCUT2D eigenvalue weighted by molar-refractivity contribution is -0.121. The maximum Gasteiger partial charge on any atom is 0.251 e. The van der Waals surface area contributed by atoms with Gasteiger partial charge in [0.1, 0.15) is 0 Å². The van der Waals surface area contributed by atoms with Crippen LogP contribution in [0, 0.1) is 6.92 Å². The third kappa shape index (κ3) is 5.21. The number of nitrogens with zero attached hydrogens (tertiary/aromatic N) is 2. The van der Waals surface area contributed by atoms with E-state index in [0.717, 1.165) is 28.7 Å². The molecule has 0 aliphatic rings. The van der Waals surface area contributed by atoms with Gasteiger partial charge in [-0.2, -0.15) is 0 Å². The van der Waals surface area contributed by atoms with Crippen molar-refractivity contribution in [3.05, 3.63) is 101 Å². The second-order valence-corrected chi connectivity index (χ2v) is 7.78. The van der Waals surface area contributed by atoms with Crippen LogP contribution in [0.1, 0.15) is 33.5 Å². The smallest absolute Gasteiger partial charge is 0.251 e. The zero-order valence-corrected chi connectivity index (χ0v) is 18.0. The Balaban J connectivity index is 1.22. The highest BCUT2D eigenvalue weighted by Gasteiger charge is 2.09. The number of nitrogens with one attached hydrogen (secondary N) is 2. The van der Waals surface area contributed by atoms with Crippen LogP contribution >= 0.6 is 0 Å². The summed E-state index contributed by atoms with van der Waals surface area (Å²) >= 11 is 0. The normalized spacial score (nSPS) is 10.8. The summed E-state index contributed by atoms with van der Waals surface area (Å²) in [6.45, 7) is 3.40. The molecule has 0 atom stereocenters. The predicted octanol–water partition coefficient (Wildman–Crippen LogP) is 3.83. The fraction of sp³-hybridized carbons (Fsp3) is 0.192. The van der Waals surface area contributed by atoms with Crippen LogP contribution < -0.4 is 10.6 Å². The first kappa shape index (κ1) is 21.3. The fourth-order valence-corrected chi connectivity index (χ4v) is 3.60. The Morgan fingerprint density at radius 2 is 1.59 bits per heavy atom. The summed E-state index contributed by atoms with van der Waals surface area (Å²) in [5, 5.41) is 5.71. The molecule has 0 radical (unpaired) electrons. The Morgan fingerprint density at radius 3 is 2.41 bits per heavy atom. The molecule has 1 heterocycles. The molecule has 0 fully saturated rings. The van der Waals surface area contributed by atoms with E-state index in [1.165, 1.54) is 5.56 Å². The lowest BCUT2D eigenvalue weighted by Crippen LogP contribution is -2.30. The van der Waals surface area contributed by atoms with Crippen molar-refractivity contribution in [1.29, 1.82) is 0 Å². The number of hydrogen-bond donors (Lipinski definition) is 2. The number of hydrogen-bond acceptors (Lipinski definition) is 3. The van der Waals surface area contributed by atoms with E-state index in [1.54, 1.807) is 6.07 Å². The molecular weight excluding hydrogens is 400 g/mol. The Bertz CT molecular complexity index is 1230. The first-order chi connectivity index (χ1) is 15.6. The molecule has 6 heteroatoms. The second-order valence-electron chi connectivity index (χ2n) is 7.78. The van der Waals surface area contributed by atoms with Gasteiger partial charge in [0.25, 0.3) is 5.91 Å². The maximum absolute atomic E-state index is 12.2. The van der Waals surface area contributed by atoms with E-state index in [0.29, 0.717) is 18.7 Å². The summed E-state index contributed by atoms with van der Waals surface area (Å²) in [4.78, 5) is 28.8. The van der Waals surface area contributed by atoms with Gasteiger partial charge in [-0.15, -0.1) is 0 Å². The van der Waals surface area contributed by atoms with Gasteiger partial charge in [0.15, 0.2) is 0 Å². The van der Waals surface area contributed by atoms with E-state index in [1.807, 2.05) is 61.8 Å². The molecule has 4 rings (SSSR count). The van der Waals surface area contributed by atoms with Crippen LogP contribution in [0.4, 0.5) is 0 Å². The zero-order chi connectivity index (χ0) is 22.3. The summed E-state index contributed by atoms with van der Waals surface area (Å²) in [7, 11) is 0. The van der Waals surface area contributed by atoms with Crippen LogP contribution in [0.25, 0.3) is 11.0 Å². The molecule has 0 saturated carbocycles. The largest absolute Gasteiger partial charge is 0.352 e. The van der Waals surface area contributed by atoms with Gasteiger partial charge in [-0.25, -0.2) is 4.98 Å². The summed E-state index contributed by atoms with van der Waals surface area (Å²) in [5.74, 6) is -0.249. The average molecular weight is 427 g/mol. The number of carbonyl (C=O) groups excluding carboxylic acids is 2. The zero-order valence-electron chi connectivity index (χ0n) is 18.0. The third-order valence-electron chi connectivity index (χ3n) is 5.42. The SMILES string of the molecule is Cc1ccccc1C(=O)NCCC(=O)NCc1ccc(Cn2cnc3ccccc32)cc1. The molecule has 0 spiro atoms. The summed E-state index contributed by atoms with van der Waals surface area (Å²) in [6, 6.07) is 23.7. The Labute approximate surface area is 187 Å². The number of benzene rings is 3. The number of rotatable bonds is 8. The van der Waals surface area contributed by atoms with Crippen LogP contribution in [-0.2, 0) is 17.9 Å². The Morgan fingerprint density at radius 1 is 0.875 bits per heavy atom. The average Bonchev–Trinajstić information content (AvgIpc) is 3.21. The molecule has 0 unspecified atom stereocenters. The number of fused-ring (bicyclic) bond motifs is 1. The van der Waals surface area contributed by atoms with Gasteiger partial charge in [0.05, 0.1) is 17.4 Å². The molecule has 0 bridgehead atoms. The molecule has 32 heavy (non-hydrogen) atoms. The van der Waals surface area contributed by atoms with Crippen LogP contribution in [0.15, 0.2) is 79.1 Å². The van der Waals surface area contributed by atoms with E-state index < -0.39 is 0 Å². The van der Waals surface area contributed by atoms with Gasteiger partial charge in [-0.3, -0.25) is 9.59 Å². The van der Waals surface area contributed by atoms with Crippen LogP contribution in [-0.4, -0.2) is 27.9 Å². The monoisotopic (exact) mass is 426 g/mol. The van der Waals surface area contributed by atoms with Gasteiger partial charge in [-0.1, -0.05) is 54.6 Å². The van der Waals surface area contributed by atoms with Crippen LogP contribution in [0.5, 0.6) is 0 Å². The van der Waals surface area contributed by atoms with Crippen molar-refractivity contribution in [3.63, 3.8) is 0 Å². The first-order valence-electron chi connectivity index (χ1n) is 10.7. The third-order valence-corrected chi connectivity index (χ3v) is 5.42. The minimum absolute atomic E-state index is 0.0935. The quantitative estimate of drug-likeness (QED) is 0.450. The van der Waals surface area contributed by atoms with Crippen molar-refractivity contribution >= 4 is 22.8 Å². The highest BCUT2D eigenvalue weighted by molar-refractivity contribution is 5.95. The van der Waals surface area contributed by atoms with Gasteiger partial charge >= 0.3 is 0 Å². The summed E-state index contributed by atoms with van der Waals surface area (Å²) in [5.41, 5.74) is 5.85. The lowest BCUT2D eigenvalue weighted by Gasteiger charge is -2.09. The standard InChI is InChI=1S/C26H26N4O2/c1-19-6-2-3-7-22(19)26(32)27-15-14-25(31)28-16-20-10-12-21(13-11-20)17-30-18-29-23-8-4-5-9-24(23)30/h2-13,18H,14-17H2,1H3,(H,27,32)(H,28,31). The Hall–Kier alpha value is -3.93. The topological polar surface area (TPSA) is 76.0 Å². The van der Waals surface area contributed by atoms with E-state index in [2.05, 4.69) is 38.4 Å². The molecule has 0 saturated heterocycles. The highest BCUT2D eigenvalue weighted by Crippen LogP contribution is 2.14. The van der Waals surface area contributed by atoms with Crippen molar-refractivity contribution in [3.8, 4) is 0 Å². The number of amides is 2. The molecule has 4 aromatic rings. The van der Waals surface area contributed by atoms with E-state index in [4.69, 9.17) is 0 Å². The molecule has 162 valence electrons. The second kappa shape index (κ2) is 9.92. The van der Waals surface area contributed by atoms with Crippen molar-refractivity contribution in [2.45, 2.75) is 26.4 Å². The molecule has 2 amide bonds. The van der Waals surface area contributed by atoms with Crippen molar-refractivity contribution in [2.75, 3.05) is 6.54 Å². The van der Waals surface area contributed by atoms with Crippen molar-refractivity contribution in [1.82, 2.24) is 20.2 Å². The maximum atomic E-state index is 12.2. The fourth-order valence-electron chi connectivity index (χ4n) is 3.60. The minimum Gasteiger partial charge on any atom is -0.352 e. The van der Waals surface area contributed by atoms with Crippen LogP contribution in [0.3, 0.4) is 0 Å². The van der Waals surface area contributed by atoms with Gasteiger partial charge < -0.3 is 15.2 Å². The summed E-state index contributed by atoms with van der Waals surface area (Å²) in [6.07, 6.45) is 2.10. The first-order valence-corrected chi connectivity index (χ1v) is 10.7.